The first kappa shape index (κ1) is 24.2. The van der Waals surface area contributed by atoms with Crippen LogP contribution in [0.25, 0.3) is 0 Å². The number of benzene rings is 3. The van der Waals surface area contributed by atoms with Gasteiger partial charge in [0.1, 0.15) is 17.2 Å². The number of rotatable bonds is 8. The first-order valence-electron chi connectivity index (χ1n) is 10.4. The first-order chi connectivity index (χ1) is 16.6. The van der Waals surface area contributed by atoms with Crippen LogP contribution in [0.1, 0.15) is 17.3 Å². The quantitative estimate of drug-likeness (QED) is 0.470. The maximum atomic E-state index is 12.7. The van der Waals surface area contributed by atoms with E-state index < -0.39 is 38.4 Å². The molecule has 2 N–H and O–H groups in total. The number of carbonyl (C=O) groups excluding carboxylic acids is 2. The van der Waals surface area contributed by atoms with Crippen molar-refractivity contribution >= 4 is 43.2 Å². The topological polar surface area (TPSA) is 139 Å². The van der Waals surface area contributed by atoms with Crippen molar-refractivity contribution in [3.63, 3.8) is 0 Å². The van der Waals surface area contributed by atoms with Gasteiger partial charge in [0.2, 0.25) is 5.91 Å². The molecule has 0 spiro atoms. The van der Waals surface area contributed by atoms with E-state index in [2.05, 4.69) is 10.0 Å². The van der Waals surface area contributed by atoms with E-state index in [0.29, 0.717) is 22.3 Å². The van der Waals surface area contributed by atoms with Gasteiger partial charge in [0.05, 0.1) is 17.1 Å². The number of carbonyl (C=O) groups is 2. The van der Waals surface area contributed by atoms with Crippen molar-refractivity contribution in [2.24, 2.45) is 0 Å². The minimum atomic E-state index is -4.12. The molecule has 0 fully saturated rings. The molecular formula is C23H21N3O7S2. The molecule has 0 saturated carbocycles. The van der Waals surface area contributed by atoms with Crippen LogP contribution in [0.15, 0.2) is 82.6 Å². The summed E-state index contributed by atoms with van der Waals surface area (Å²) in [7, 11) is -8.01. The average Bonchev–Trinajstić information content (AvgIpc) is 3.01. The highest BCUT2D eigenvalue weighted by molar-refractivity contribution is 7.92. The number of hydrogen-bond donors (Lipinski definition) is 2. The summed E-state index contributed by atoms with van der Waals surface area (Å²) in [5.74, 6) is -0.918. The van der Waals surface area contributed by atoms with Gasteiger partial charge in [0, 0.05) is 11.4 Å². The molecule has 1 heterocycles. The molecular weight excluding hydrogens is 494 g/mol. The smallest absolute Gasteiger partial charge is 0.269 e. The molecule has 0 atom stereocenters. The van der Waals surface area contributed by atoms with Crippen molar-refractivity contribution in [2.45, 2.75) is 16.7 Å². The lowest BCUT2D eigenvalue weighted by molar-refractivity contribution is -0.116. The SMILES string of the molecule is CCOc1ccc(NS(=O)(=O)c2ccc(NC(=O)CN3C(=O)c4ccccc4S3(=O)=O)cc2)cc1. The van der Waals surface area contributed by atoms with E-state index in [1.165, 1.54) is 48.5 Å². The summed E-state index contributed by atoms with van der Waals surface area (Å²) in [6.45, 7) is 1.62. The van der Waals surface area contributed by atoms with Gasteiger partial charge in [-0.2, -0.15) is 0 Å². The lowest BCUT2D eigenvalue weighted by Gasteiger charge is -2.15. The number of ether oxygens (including phenoxy) is 1. The van der Waals surface area contributed by atoms with Gasteiger partial charge in [-0.1, -0.05) is 12.1 Å². The van der Waals surface area contributed by atoms with Gasteiger partial charge in [-0.05, 0) is 67.6 Å². The van der Waals surface area contributed by atoms with Crippen LogP contribution < -0.4 is 14.8 Å². The molecule has 182 valence electrons. The molecule has 1 aliphatic heterocycles. The van der Waals surface area contributed by atoms with E-state index in [-0.39, 0.29) is 21.0 Å². The third kappa shape index (κ3) is 4.98. The van der Waals surface area contributed by atoms with Crippen molar-refractivity contribution < 1.29 is 31.2 Å². The molecule has 0 saturated heterocycles. The summed E-state index contributed by atoms with van der Waals surface area (Å²) in [6, 6.07) is 17.5. The number of nitrogens with zero attached hydrogens (tertiary/aromatic N) is 1. The number of hydrogen-bond acceptors (Lipinski definition) is 7. The van der Waals surface area contributed by atoms with Gasteiger partial charge in [-0.25, -0.2) is 21.1 Å². The van der Waals surface area contributed by atoms with E-state index in [9.17, 15) is 26.4 Å². The van der Waals surface area contributed by atoms with Gasteiger partial charge >= 0.3 is 0 Å². The predicted molar refractivity (Wildman–Crippen MR) is 128 cm³/mol. The lowest BCUT2D eigenvalue weighted by Crippen LogP contribution is -2.37. The molecule has 3 aromatic carbocycles. The van der Waals surface area contributed by atoms with E-state index in [4.69, 9.17) is 4.74 Å². The second-order valence-corrected chi connectivity index (χ2v) is 11.0. The molecule has 0 bridgehead atoms. The standard InChI is InChI=1S/C23H21N3O7S2/c1-2-33-18-11-7-17(8-12-18)25-34(29,30)19-13-9-16(10-14-19)24-22(27)15-26-23(28)20-5-3-4-6-21(20)35(26,31)32/h3-14,25H,2,15H2,1H3,(H,24,27). The zero-order valence-corrected chi connectivity index (χ0v) is 20.1. The third-order valence-electron chi connectivity index (χ3n) is 5.07. The Morgan fingerprint density at radius 3 is 2.20 bits per heavy atom. The number of anilines is 2. The zero-order valence-electron chi connectivity index (χ0n) is 18.5. The van der Waals surface area contributed by atoms with Crippen molar-refractivity contribution in [2.75, 3.05) is 23.2 Å². The van der Waals surface area contributed by atoms with Crippen molar-refractivity contribution in [3.05, 3.63) is 78.4 Å². The molecule has 2 amide bonds. The molecule has 1 aliphatic rings. The Balaban J connectivity index is 1.41. The Hall–Kier alpha value is -3.90. The van der Waals surface area contributed by atoms with Gasteiger partial charge in [-0.3, -0.25) is 14.3 Å². The summed E-state index contributed by atoms with van der Waals surface area (Å²) < 4.78 is 58.8. The van der Waals surface area contributed by atoms with E-state index >= 15 is 0 Å². The highest BCUT2D eigenvalue weighted by Crippen LogP contribution is 2.29. The Morgan fingerprint density at radius 2 is 1.57 bits per heavy atom. The van der Waals surface area contributed by atoms with Crippen LogP contribution in [0, 0.1) is 0 Å². The summed E-state index contributed by atoms with van der Waals surface area (Å²) in [4.78, 5) is 24.7. The summed E-state index contributed by atoms with van der Waals surface area (Å²) in [5.41, 5.74) is 0.592. The fraction of sp³-hybridized carbons (Fsp3) is 0.130. The Labute approximate surface area is 202 Å². The number of fused-ring (bicyclic) bond motifs is 1. The Morgan fingerprint density at radius 1 is 0.943 bits per heavy atom. The molecule has 35 heavy (non-hydrogen) atoms. The van der Waals surface area contributed by atoms with Gasteiger partial charge in [0.15, 0.2) is 0 Å². The van der Waals surface area contributed by atoms with E-state index in [1.54, 1.807) is 24.3 Å². The third-order valence-corrected chi connectivity index (χ3v) is 8.25. The normalized spacial score (nSPS) is 14.3. The first-order valence-corrected chi connectivity index (χ1v) is 13.4. The molecule has 3 aromatic rings. The van der Waals surface area contributed by atoms with Crippen LogP contribution in [0.2, 0.25) is 0 Å². The highest BCUT2D eigenvalue weighted by atomic mass is 32.2. The molecule has 12 heteroatoms. The monoisotopic (exact) mass is 515 g/mol. The van der Waals surface area contributed by atoms with Crippen LogP contribution in [0.3, 0.4) is 0 Å². The largest absolute Gasteiger partial charge is 0.494 e. The van der Waals surface area contributed by atoms with Gasteiger partial charge in [-0.15, -0.1) is 0 Å². The second-order valence-electron chi connectivity index (χ2n) is 7.45. The average molecular weight is 516 g/mol. The van der Waals surface area contributed by atoms with Crippen molar-refractivity contribution in [1.29, 1.82) is 0 Å². The summed E-state index contributed by atoms with van der Waals surface area (Å²) in [6.07, 6.45) is 0. The number of nitrogens with one attached hydrogen (secondary N) is 2. The minimum absolute atomic E-state index is 0.00916. The van der Waals surface area contributed by atoms with Crippen molar-refractivity contribution in [3.8, 4) is 5.75 Å². The second kappa shape index (κ2) is 9.39. The van der Waals surface area contributed by atoms with Crippen molar-refractivity contribution in [1.82, 2.24) is 4.31 Å². The Bertz CT molecular complexity index is 1480. The van der Waals surface area contributed by atoms with E-state index in [1.807, 2.05) is 6.92 Å². The molecule has 0 radical (unpaired) electrons. The molecule has 0 aromatic heterocycles. The molecule has 0 aliphatic carbocycles. The van der Waals surface area contributed by atoms with Gasteiger partial charge in [0.25, 0.3) is 26.0 Å². The maximum Gasteiger partial charge on any atom is 0.269 e. The number of amides is 2. The predicted octanol–water partition coefficient (Wildman–Crippen LogP) is 2.67. The lowest BCUT2D eigenvalue weighted by atomic mass is 10.2. The molecule has 0 unspecified atom stereocenters. The molecule has 10 nitrogen and oxygen atoms in total. The summed E-state index contributed by atoms with van der Waals surface area (Å²) in [5, 5.41) is 2.47. The van der Waals surface area contributed by atoms with Crippen LogP contribution >= 0.6 is 0 Å². The van der Waals surface area contributed by atoms with Crippen LogP contribution in [-0.4, -0.2) is 46.1 Å². The van der Waals surface area contributed by atoms with Gasteiger partial charge < -0.3 is 10.1 Å². The Kier molecular flexibility index (Phi) is 6.50. The summed E-state index contributed by atoms with van der Waals surface area (Å²) >= 11 is 0. The van der Waals surface area contributed by atoms with E-state index in [0.717, 1.165) is 0 Å². The number of sulfonamides is 2. The zero-order chi connectivity index (χ0) is 25.2. The highest BCUT2D eigenvalue weighted by Gasteiger charge is 2.41. The maximum absolute atomic E-state index is 12.7. The minimum Gasteiger partial charge on any atom is -0.494 e. The van der Waals surface area contributed by atoms with Crippen LogP contribution in [0.5, 0.6) is 5.75 Å². The molecule has 4 rings (SSSR count). The fourth-order valence-electron chi connectivity index (χ4n) is 3.44. The van der Waals surface area contributed by atoms with Crippen LogP contribution in [-0.2, 0) is 24.8 Å². The fourth-order valence-corrected chi connectivity index (χ4v) is 6.02. The van der Waals surface area contributed by atoms with Crippen LogP contribution in [0.4, 0.5) is 11.4 Å².